The Morgan fingerprint density at radius 3 is 2.88 bits per heavy atom. The quantitative estimate of drug-likeness (QED) is 0.598. The van der Waals surface area contributed by atoms with Crippen LogP contribution in [-0.4, -0.2) is 21.2 Å². The van der Waals surface area contributed by atoms with E-state index in [4.69, 9.17) is 5.11 Å². The van der Waals surface area contributed by atoms with Gasteiger partial charge in [0.2, 0.25) is 0 Å². The van der Waals surface area contributed by atoms with E-state index in [-0.39, 0.29) is 0 Å². The van der Waals surface area contributed by atoms with Crippen molar-refractivity contribution in [1.82, 2.24) is 9.97 Å². The summed E-state index contributed by atoms with van der Waals surface area (Å²) in [6, 6.07) is 9.57. The van der Waals surface area contributed by atoms with Crippen molar-refractivity contribution in [1.29, 1.82) is 0 Å². The van der Waals surface area contributed by atoms with Crippen molar-refractivity contribution in [3.8, 4) is 0 Å². The minimum Gasteiger partial charge on any atom is -0.465 e. The molecule has 1 amide bonds. The number of para-hydroxylation sites is 1. The van der Waals surface area contributed by atoms with Crippen molar-refractivity contribution in [2.24, 2.45) is 0 Å². The molecule has 5 heteroatoms. The summed E-state index contributed by atoms with van der Waals surface area (Å²) >= 11 is 0. The number of anilines is 1. The first kappa shape index (κ1) is 9.65. The van der Waals surface area contributed by atoms with Gasteiger partial charge in [-0.25, -0.2) is 9.78 Å². The summed E-state index contributed by atoms with van der Waals surface area (Å²) in [7, 11) is 0. The molecule has 2 aromatic heterocycles. The van der Waals surface area contributed by atoms with Crippen molar-refractivity contribution in [2.75, 3.05) is 5.32 Å². The molecule has 5 nitrogen and oxygen atoms in total. The fourth-order valence-corrected chi connectivity index (χ4v) is 1.93. The van der Waals surface area contributed by atoms with Crippen LogP contribution in [0.3, 0.4) is 0 Å². The highest BCUT2D eigenvalue weighted by atomic mass is 16.4. The number of nitrogens with one attached hydrogen (secondary N) is 2. The fourth-order valence-electron chi connectivity index (χ4n) is 1.93. The smallest absolute Gasteiger partial charge is 0.410 e. The monoisotopic (exact) mass is 227 g/mol. The Kier molecular flexibility index (Phi) is 1.98. The van der Waals surface area contributed by atoms with Gasteiger partial charge in [0, 0.05) is 16.3 Å². The molecule has 1 aromatic carbocycles. The lowest BCUT2D eigenvalue weighted by Crippen LogP contribution is -2.08. The summed E-state index contributed by atoms with van der Waals surface area (Å²) in [5.74, 6) is 0.328. The number of carboxylic acid groups (broad SMARTS) is 1. The summed E-state index contributed by atoms with van der Waals surface area (Å²) in [4.78, 5) is 17.8. The zero-order chi connectivity index (χ0) is 11.8. The molecular formula is C12H9N3O2. The van der Waals surface area contributed by atoms with Crippen molar-refractivity contribution in [2.45, 2.75) is 0 Å². The molecule has 0 aliphatic rings. The largest absolute Gasteiger partial charge is 0.465 e. The Morgan fingerprint density at radius 2 is 2.06 bits per heavy atom. The number of benzene rings is 1. The average Bonchev–Trinajstić information content (AvgIpc) is 2.66. The van der Waals surface area contributed by atoms with Crippen LogP contribution in [0.1, 0.15) is 0 Å². The second-order valence-corrected chi connectivity index (χ2v) is 3.72. The number of H-pyrrole nitrogens is 1. The van der Waals surface area contributed by atoms with E-state index in [0.717, 1.165) is 21.8 Å². The first-order valence-corrected chi connectivity index (χ1v) is 5.10. The minimum atomic E-state index is -1.11. The fraction of sp³-hybridized carbons (Fsp3) is 0. The molecule has 0 atom stereocenters. The standard InChI is InChI=1S/C12H9N3O2/c16-12(17)15-11-5-8-7-3-1-2-4-9(7)14-10(8)6-13-11/h1-6,14H,(H,13,15)(H,16,17). The average molecular weight is 227 g/mol. The Morgan fingerprint density at radius 1 is 1.24 bits per heavy atom. The molecule has 0 radical (unpaired) electrons. The van der Waals surface area contributed by atoms with Crippen LogP contribution in [0.4, 0.5) is 10.6 Å². The van der Waals surface area contributed by atoms with Crippen molar-refractivity contribution < 1.29 is 9.90 Å². The van der Waals surface area contributed by atoms with Gasteiger partial charge < -0.3 is 10.1 Å². The molecule has 0 spiro atoms. The van der Waals surface area contributed by atoms with Gasteiger partial charge in [-0.05, 0) is 12.1 Å². The van der Waals surface area contributed by atoms with Crippen LogP contribution in [0.25, 0.3) is 21.8 Å². The second-order valence-electron chi connectivity index (χ2n) is 3.72. The molecule has 2 heterocycles. The van der Waals surface area contributed by atoms with Gasteiger partial charge in [0.05, 0.1) is 11.7 Å². The molecule has 0 fully saturated rings. The normalized spacial score (nSPS) is 10.8. The van der Waals surface area contributed by atoms with E-state index in [9.17, 15) is 4.79 Å². The maximum absolute atomic E-state index is 10.5. The number of hydrogen-bond donors (Lipinski definition) is 3. The Labute approximate surface area is 96.1 Å². The SMILES string of the molecule is O=C(O)Nc1cc2c(cn1)[nH]c1ccccc12. The molecule has 0 aliphatic heterocycles. The van der Waals surface area contributed by atoms with Crippen LogP contribution in [0.5, 0.6) is 0 Å². The number of hydrogen-bond acceptors (Lipinski definition) is 2. The van der Waals surface area contributed by atoms with Crippen LogP contribution in [0.2, 0.25) is 0 Å². The first-order chi connectivity index (χ1) is 8.24. The second kappa shape index (κ2) is 3.48. The highest BCUT2D eigenvalue weighted by molar-refractivity contribution is 6.08. The number of carbonyl (C=O) groups is 1. The zero-order valence-electron chi connectivity index (χ0n) is 8.77. The maximum Gasteiger partial charge on any atom is 0.410 e. The van der Waals surface area contributed by atoms with E-state index in [2.05, 4.69) is 15.3 Å². The number of rotatable bonds is 1. The van der Waals surface area contributed by atoms with E-state index < -0.39 is 6.09 Å². The van der Waals surface area contributed by atoms with E-state index >= 15 is 0 Å². The van der Waals surface area contributed by atoms with Gasteiger partial charge in [0.25, 0.3) is 0 Å². The number of nitrogens with zero attached hydrogens (tertiary/aromatic N) is 1. The summed E-state index contributed by atoms with van der Waals surface area (Å²) in [5, 5.41) is 12.9. The van der Waals surface area contributed by atoms with Crippen molar-refractivity contribution in [3.63, 3.8) is 0 Å². The van der Waals surface area contributed by atoms with Crippen LogP contribution in [0, 0.1) is 0 Å². The third-order valence-electron chi connectivity index (χ3n) is 2.63. The number of fused-ring (bicyclic) bond motifs is 3. The molecule has 0 saturated carbocycles. The predicted octanol–water partition coefficient (Wildman–Crippen LogP) is 2.81. The van der Waals surface area contributed by atoms with Crippen molar-refractivity contribution >= 4 is 33.7 Å². The van der Waals surface area contributed by atoms with Crippen LogP contribution in [-0.2, 0) is 0 Å². The first-order valence-electron chi connectivity index (χ1n) is 5.10. The number of pyridine rings is 1. The van der Waals surface area contributed by atoms with Gasteiger partial charge in [-0.15, -0.1) is 0 Å². The van der Waals surface area contributed by atoms with Gasteiger partial charge in [0.1, 0.15) is 5.82 Å². The van der Waals surface area contributed by atoms with Gasteiger partial charge in [-0.1, -0.05) is 18.2 Å². The predicted molar refractivity (Wildman–Crippen MR) is 65.2 cm³/mol. The summed E-state index contributed by atoms with van der Waals surface area (Å²) < 4.78 is 0. The van der Waals surface area contributed by atoms with Gasteiger partial charge >= 0.3 is 6.09 Å². The molecule has 84 valence electrons. The van der Waals surface area contributed by atoms with E-state index in [1.165, 1.54) is 0 Å². The Balaban J connectivity index is 2.26. The number of amides is 1. The Bertz CT molecular complexity index is 718. The maximum atomic E-state index is 10.5. The molecule has 0 unspecified atom stereocenters. The topological polar surface area (TPSA) is 78.0 Å². The molecule has 17 heavy (non-hydrogen) atoms. The van der Waals surface area contributed by atoms with Crippen molar-refractivity contribution in [3.05, 3.63) is 36.5 Å². The third kappa shape index (κ3) is 1.57. The summed E-state index contributed by atoms with van der Waals surface area (Å²) in [6.07, 6.45) is 0.511. The highest BCUT2D eigenvalue weighted by Crippen LogP contribution is 2.26. The molecule has 3 N–H and O–H groups in total. The van der Waals surface area contributed by atoms with E-state index in [0.29, 0.717) is 5.82 Å². The number of aromatic nitrogens is 2. The highest BCUT2D eigenvalue weighted by Gasteiger charge is 2.06. The lowest BCUT2D eigenvalue weighted by atomic mass is 10.2. The molecular weight excluding hydrogens is 218 g/mol. The zero-order valence-corrected chi connectivity index (χ0v) is 8.77. The van der Waals surface area contributed by atoms with Gasteiger partial charge in [0.15, 0.2) is 0 Å². The lowest BCUT2D eigenvalue weighted by Gasteiger charge is -1.99. The van der Waals surface area contributed by atoms with Crippen LogP contribution >= 0.6 is 0 Å². The minimum absolute atomic E-state index is 0.328. The molecule has 3 rings (SSSR count). The summed E-state index contributed by atoms with van der Waals surface area (Å²) in [6.45, 7) is 0. The molecule has 0 saturated heterocycles. The number of aromatic amines is 1. The van der Waals surface area contributed by atoms with Crippen LogP contribution in [0.15, 0.2) is 36.5 Å². The molecule has 0 bridgehead atoms. The third-order valence-corrected chi connectivity index (χ3v) is 2.63. The van der Waals surface area contributed by atoms with Gasteiger partial charge in [-0.2, -0.15) is 0 Å². The molecule has 0 aliphatic carbocycles. The van der Waals surface area contributed by atoms with E-state index in [1.807, 2.05) is 24.3 Å². The van der Waals surface area contributed by atoms with E-state index in [1.54, 1.807) is 12.3 Å². The lowest BCUT2D eigenvalue weighted by molar-refractivity contribution is 0.209. The van der Waals surface area contributed by atoms with Gasteiger partial charge in [-0.3, -0.25) is 5.32 Å². The Hall–Kier alpha value is -2.56. The summed E-state index contributed by atoms with van der Waals surface area (Å²) in [5.41, 5.74) is 1.90. The van der Waals surface area contributed by atoms with Crippen LogP contribution < -0.4 is 5.32 Å². The molecule has 3 aromatic rings.